The number of hydrogen-bond donors (Lipinski definition) is 0. The second-order valence-electron chi connectivity index (χ2n) is 6.22. The molecule has 0 aromatic heterocycles. The molecule has 0 bridgehead atoms. The summed E-state index contributed by atoms with van der Waals surface area (Å²) in [4.78, 5) is 17.1. The van der Waals surface area contributed by atoms with Gasteiger partial charge in [0.15, 0.2) is 0 Å². The number of thioether (sulfide) groups is 1. The van der Waals surface area contributed by atoms with Gasteiger partial charge in [-0.2, -0.15) is 0 Å². The van der Waals surface area contributed by atoms with Crippen LogP contribution in [0.5, 0.6) is 0 Å². The summed E-state index contributed by atoms with van der Waals surface area (Å²) in [5.41, 5.74) is 3.04. The lowest BCUT2D eigenvalue weighted by Gasteiger charge is -2.29. The third-order valence-electron chi connectivity index (χ3n) is 4.63. The van der Waals surface area contributed by atoms with Crippen LogP contribution in [0.4, 0.5) is 0 Å². The number of nitrogens with zero attached hydrogens (tertiary/aromatic N) is 1. The van der Waals surface area contributed by atoms with Gasteiger partial charge in [0, 0.05) is 30.8 Å². The largest absolute Gasteiger partial charge is 0.500 e. The Bertz CT molecular complexity index is 724. The zero-order valence-electron chi connectivity index (χ0n) is 14.8. The van der Waals surface area contributed by atoms with Crippen LogP contribution >= 0.6 is 11.8 Å². The standard InChI is InChI=1S/C20H23NO3S/c1-13-18(23-2)10-9-15(19(13)24-3)17-12-25-20(22)16(21-17)11-14-7-5-4-6-8-14/h4-10,13,16,18H,11-12H2,1-3H3. The van der Waals surface area contributed by atoms with E-state index >= 15 is 0 Å². The van der Waals surface area contributed by atoms with Crippen molar-refractivity contribution in [3.63, 3.8) is 0 Å². The van der Waals surface area contributed by atoms with Gasteiger partial charge in [0.2, 0.25) is 5.12 Å². The van der Waals surface area contributed by atoms with E-state index in [1.165, 1.54) is 11.8 Å². The van der Waals surface area contributed by atoms with Crippen molar-refractivity contribution in [3.05, 3.63) is 59.4 Å². The molecular weight excluding hydrogens is 334 g/mol. The Hall–Kier alpha value is -1.85. The molecule has 4 nitrogen and oxygen atoms in total. The third-order valence-corrected chi connectivity index (χ3v) is 5.61. The van der Waals surface area contributed by atoms with Gasteiger partial charge in [0.25, 0.3) is 0 Å². The summed E-state index contributed by atoms with van der Waals surface area (Å²) in [6.07, 6.45) is 4.68. The van der Waals surface area contributed by atoms with E-state index in [-0.39, 0.29) is 23.2 Å². The van der Waals surface area contributed by atoms with Crippen LogP contribution in [-0.4, -0.2) is 42.9 Å². The van der Waals surface area contributed by atoms with Crippen molar-refractivity contribution in [2.45, 2.75) is 25.5 Å². The van der Waals surface area contributed by atoms with Crippen LogP contribution in [0.2, 0.25) is 0 Å². The normalized spacial score (nSPS) is 26.6. The lowest BCUT2D eigenvalue weighted by Crippen LogP contribution is -2.31. The van der Waals surface area contributed by atoms with E-state index in [0.717, 1.165) is 22.6 Å². The Morgan fingerprint density at radius 2 is 2.00 bits per heavy atom. The molecule has 1 aromatic carbocycles. The summed E-state index contributed by atoms with van der Waals surface area (Å²) in [6, 6.07) is 9.68. The number of carbonyl (C=O) groups excluding carboxylic acids is 1. The molecule has 25 heavy (non-hydrogen) atoms. The van der Waals surface area contributed by atoms with Crippen molar-refractivity contribution in [2.24, 2.45) is 10.9 Å². The number of methoxy groups -OCH3 is 2. The fraction of sp³-hybridized carbons (Fsp3) is 0.400. The first-order valence-electron chi connectivity index (χ1n) is 8.40. The lowest BCUT2D eigenvalue weighted by atomic mass is 9.90. The van der Waals surface area contributed by atoms with Crippen molar-refractivity contribution in [1.82, 2.24) is 0 Å². The van der Waals surface area contributed by atoms with Crippen LogP contribution in [0, 0.1) is 5.92 Å². The van der Waals surface area contributed by atoms with Crippen molar-refractivity contribution in [2.75, 3.05) is 20.0 Å². The number of benzene rings is 1. The van der Waals surface area contributed by atoms with Gasteiger partial charge in [-0.05, 0) is 5.56 Å². The molecule has 0 saturated heterocycles. The smallest absolute Gasteiger partial charge is 0.214 e. The highest BCUT2D eigenvalue weighted by molar-refractivity contribution is 8.14. The van der Waals surface area contributed by atoms with Crippen LogP contribution in [0.3, 0.4) is 0 Å². The van der Waals surface area contributed by atoms with Crippen LogP contribution in [0.1, 0.15) is 12.5 Å². The minimum atomic E-state index is -0.342. The number of rotatable bonds is 5. The molecule has 1 heterocycles. The topological polar surface area (TPSA) is 47.9 Å². The average molecular weight is 357 g/mol. The number of aliphatic imine (C=N–C) groups is 1. The number of hydrogen-bond acceptors (Lipinski definition) is 5. The first-order valence-corrected chi connectivity index (χ1v) is 9.39. The predicted molar refractivity (Wildman–Crippen MR) is 102 cm³/mol. The maximum absolute atomic E-state index is 12.3. The molecule has 0 amide bonds. The summed E-state index contributed by atoms with van der Waals surface area (Å²) in [7, 11) is 3.38. The monoisotopic (exact) mass is 357 g/mol. The molecule has 0 saturated carbocycles. The minimum absolute atomic E-state index is 0.00251. The molecule has 0 radical (unpaired) electrons. The maximum Gasteiger partial charge on any atom is 0.214 e. The zero-order chi connectivity index (χ0) is 17.8. The Morgan fingerprint density at radius 1 is 1.24 bits per heavy atom. The van der Waals surface area contributed by atoms with E-state index in [1.54, 1.807) is 14.2 Å². The van der Waals surface area contributed by atoms with Crippen molar-refractivity contribution >= 4 is 22.6 Å². The van der Waals surface area contributed by atoms with Gasteiger partial charge in [0.05, 0.1) is 18.9 Å². The Balaban J connectivity index is 1.89. The summed E-state index contributed by atoms with van der Waals surface area (Å²) < 4.78 is 11.1. The molecular formula is C20H23NO3S. The van der Waals surface area contributed by atoms with Gasteiger partial charge in [-0.1, -0.05) is 61.2 Å². The van der Waals surface area contributed by atoms with E-state index in [1.807, 2.05) is 42.5 Å². The molecule has 1 aliphatic carbocycles. The summed E-state index contributed by atoms with van der Waals surface area (Å²) in [5.74, 6) is 1.58. The lowest BCUT2D eigenvalue weighted by molar-refractivity contribution is -0.112. The Kier molecular flexibility index (Phi) is 5.76. The minimum Gasteiger partial charge on any atom is -0.500 e. The first-order chi connectivity index (χ1) is 12.1. The van der Waals surface area contributed by atoms with Gasteiger partial charge in [0.1, 0.15) is 11.8 Å². The van der Waals surface area contributed by atoms with E-state index in [9.17, 15) is 4.79 Å². The highest BCUT2D eigenvalue weighted by atomic mass is 32.2. The van der Waals surface area contributed by atoms with Crippen molar-refractivity contribution in [3.8, 4) is 0 Å². The molecule has 3 atom stereocenters. The number of carbonyl (C=O) groups is 1. The summed E-state index contributed by atoms with van der Waals surface area (Å²) in [5, 5.41) is 0.134. The van der Waals surface area contributed by atoms with Gasteiger partial charge >= 0.3 is 0 Å². The fourth-order valence-electron chi connectivity index (χ4n) is 3.28. The SMILES string of the molecule is COC1=C(C2=NC(Cc3ccccc3)C(=O)SC2)C=CC(OC)C1C. The van der Waals surface area contributed by atoms with Crippen LogP contribution in [-0.2, 0) is 20.7 Å². The third kappa shape index (κ3) is 3.88. The van der Waals surface area contributed by atoms with Gasteiger partial charge < -0.3 is 9.47 Å². The quantitative estimate of drug-likeness (QED) is 0.810. The predicted octanol–water partition coefficient (Wildman–Crippen LogP) is 3.43. The summed E-state index contributed by atoms with van der Waals surface area (Å²) in [6.45, 7) is 2.08. The van der Waals surface area contributed by atoms with Gasteiger partial charge in [-0.3, -0.25) is 9.79 Å². The number of allylic oxidation sites excluding steroid dienone is 2. The molecule has 3 rings (SSSR count). The molecule has 3 unspecified atom stereocenters. The van der Waals surface area contributed by atoms with Gasteiger partial charge in [-0.15, -0.1) is 0 Å². The molecule has 0 N–H and O–H groups in total. The van der Waals surface area contributed by atoms with Crippen LogP contribution < -0.4 is 0 Å². The molecule has 0 spiro atoms. The molecule has 5 heteroatoms. The van der Waals surface area contributed by atoms with E-state index in [4.69, 9.17) is 14.5 Å². The Morgan fingerprint density at radius 3 is 2.68 bits per heavy atom. The number of ether oxygens (including phenoxy) is 2. The second-order valence-corrected chi connectivity index (χ2v) is 7.20. The van der Waals surface area contributed by atoms with Gasteiger partial charge in [-0.25, -0.2) is 0 Å². The Labute approximate surface area is 153 Å². The fourth-order valence-corrected chi connectivity index (χ4v) is 4.12. The van der Waals surface area contributed by atoms with E-state index < -0.39 is 0 Å². The highest BCUT2D eigenvalue weighted by Crippen LogP contribution is 2.31. The van der Waals surface area contributed by atoms with E-state index in [0.29, 0.717) is 12.2 Å². The van der Waals surface area contributed by atoms with Crippen LogP contribution in [0.25, 0.3) is 0 Å². The molecule has 1 aliphatic heterocycles. The molecule has 1 aromatic rings. The van der Waals surface area contributed by atoms with Crippen molar-refractivity contribution < 1.29 is 14.3 Å². The summed E-state index contributed by atoms with van der Waals surface area (Å²) >= 11 is 1.34. The molecule has 0 fully saturated rings. The van der Waals surface area contributed by atoms with Crippen LogP contribution in [0.15, 0.2) is 58.8 Å². The van der Waals surface area contributed by atoms with E-state index in [2.05, 4.69) is 6.92 Å². The second kappa shape index (κ2) is 8.02. The zero-order valence-corrected chi connectivity index (χ0v) is 15.6. The average Bonchev–Trinajstić information content (AvgIpc) is 2.64. The molecule has 132 valence electrons. The van der Waals surface area contributed by atoms with Crippen molar-refractivity contribution in [1.29, 1.82) is 0 Å². The molecule has 2 aliphatic rings. The first kappa shape index (κ1) is 18.0. The maximum atomic E-state index is 12.3. The highest BCUT2D eigenvalue weighted by Gasteiger charge is 2.31.